The van der Waals surface area contributed by atoms with Gasteiger partial charge in [-0.15, -0.1) is 6.42 Å². The predicted molar refractivity (Wildman–Crippen MR) is 256 cm³/mol. The van der Waals surface area contributed by atoms with Gasteiger partial charge in [-0.2, -0.15) is 9.59 Å². The maximum absolute atomic E-state index is 12.2. The highest BCUT2D eigenvalue weighted by Crippen LogP contribution is 2.22. The van der Waals surface area contributed by atoms with Crippen molar-refractivity contribution in [3.05, 3.63) is 67.8 Å². The van der Waals surface area contributed by atoms with Crippen molar-refractivity contribution in [3.8, 4) is 24.2 Å². The lowest BCUT2D eigenvalue weighted by Gasteiger charge is -2.35. The van der Waals surface area contributed by atoms with Crippen LogP contribution in [0.2, 0.25) is 0 Å². The molecule has 2 aromatic rings. The summed E-state index contributed by atoms with van der Waals surface area (Å²) in [4.78, 5) is 59.9. The smallest absolute Gasteiger partial charge is 0.410 e. The van der Waals surface area contributed by atoms with Crippen LogP contribution in [0.3, 0.4) is 0 Å². The lowest BCUT2D eigenvalue weighted by atomic mass is 9.90. The molecule has 0 bridgehead atoms. The van der Waals surface area contributed by atoms with E-state index in [4.69, 9.17) is 30.2 Å². The molecular weight excluding hydrogens is 911 g/mol. The molecule has 4 rings (SSSR count). The molecule has 0 saturated carbocycles. The summed E-state index contributed by atoms with van der Waals surface area (Å²) in [7, 11) is 0. The number of piperazine rings is 2. The number of amides is 2. The molecule has 12 nitrogen and oxygen atoms in total. The number of hydrogen-bond acceptors (Lipinski definition) is 10. The fourth-order valence-corrected chi connectivity index (χ4v) is 6.57. The fourth-order valence-electron chi connectivity index (χ4n) is 5.73. The summed E-state index contributed by atoms with van der Waals surface area (Å²) in [6.07, 6.45) is 5.96. The standard InChI is InChI=1S/C24H36N2O2.C17H25IN2O2.C8H12O2.CO2/c1-8-24(6,7)12-11-20-17-19(2)9-10-21(20)18-25-13-15-26(16-14-25)22(27)28-23(3,4)5;1-13-5-6-14(15(18)11-13)12-19-7-9-20(10-8-19)16(21)22-17(2,3)4;1-5-8(3,4)7(9)10-6-2;2-1-3/h9-10,17H,8,13-16,18H2,1-7H3;5-6,11H,7-10,12H2,1-4H3;1H,6H2,2-4H3;. The normalized spacial score (nSPS) is 14.6. The van der Waals surface area contributed by atoms with Crippen LogP contribution < -0.4 is 0 Å². The number of esters is 1. The zero-order valence-electron chi connectivity index (χ0n) is 40.5. The van der Waals surface area contributed by atoms with Gasteiger partial charge >= 0.3 is 24.3 Å². The summed E-state index contributed by atoms with van der Waals surface area (Å²) in [5.41, 5.74) is 4.64. The Balaban J connectivity index is 0.000000502. The Bertz CT molecular complexity index is 1930. The summed E-state index contributed by atoms with van der Waals surface area (Å²) >= 11 is 2.40. The van der Waals surface area contributed by atoms with Crippen LogP contribution in [0.5, 0.6) is 0 Å². The van der Waals surface area contributed by atoms with Gasteiger partial charge in [0, 0.05) is 80.0 Å². The van der Waals surface area contributed by atoms with E-state index in [2.05, 4.69) is 121 Å². The summed E-state index contributed by atoms with van der Waals surface area (Å²) in [5.74, 6) is 8.88. The minimum absolute atomic E-state index is 0.0278. The van der Waals surface area contributed by atoms with Gasteiger partial charge in [0.15, 0.2) is 0 Å². The molecule has 13 heteroatoms. The average molecular weight is 985 g/mol. The second kappa shape index (κ2) is 26.4. The third-order valence-corrected chi connectivity index (χ3v) is 10.9. The molecule has 0 aliphatic carbocycles. The quantitative estimate of drug-likeness (QED) is 0.115. The van der Waals surface area contributed by atoms with E-state index in [-0.39, 0.29) is 29.7 Å². The number of aryl methyl sites for hydroxylation is 2. The number of halogens is 1. The van der Waals surface area contributed by atoms with E-state index in [0.717, 1.165) is 64.3 Å². The molecule has 0 N–H and O–H groups in total. The summed E-state index contributed by atoms with van der Waals surface area (Å²) in [6, 6.07) is 13.1. The van der Waals surface area contributed by atoms with Gasteiger partial charge in [0.05, 0.1) is 6.61 Å². The number of ether oxygens (including phenoxy) is 3. The van der Waals surface area contributed by atoms with Crippen LogP contribution in [0.4, 0.5) is 9.59 Å². The third-order valence-electron chi connectivity index (χ3n) is 9.88. The number of benzene rings is 2. The van der Waals surface area contributed by atoms with Crippen molar-refractivity contribution < 1.29 is 38.2 Å². The van der Waals surface area contributed by atoms with Gasteiger partial charge < -0.3 is 24.0 Å². The first-order valence-corrected chi connectivity index (χ1v) is 22.7. The Kier molecular flexibility index (Phi) is 23.7. The number of rotatable bonds is 7. The first-order chi connectivity index (χ1) is 29.2. The van der Waals surface area contributed by atoms with Gasteiger partial charge in [0.2, 0.25) is 0 Å². The summed E-state index contributed by atoms with van der Waals surface area (Å²) in [6.45, 7) is 35.8. The monoisotopic (exact) mass is 984 g/mol. The fraction of sp³-hybridized carbons (Fsp3) is 0.600. The Morgan fingerprint density at radius 3 is 1.48 bits per heavy atom. The van der Waals surface area contributed by atoms with Crippen LogP contribution in [-0.2, 0) is 41.7 Å². The molecule has 2 heterocycles. The first kappa shape index (κ1) is 56.6. The van der Waals surface area contributed by atoms with Crippen LogP contribution in [0, 0.1) is 52.4 Å². The molecule has 0 unspecified atom stereocenters. The van der Waals surface area contributed by atoms with Gasteiger partial charge in [-0.25, -0.2) is 9.59 Å². The molecule has 2 saturated heterocycles. The van der Waals surface area contributed by atoms with Crippen molar-refractivity contribution in [1.82, 2.24) is 19.6 Å². The molecule has 2 aliphatic heterocycles. The minimum atomic E-state index is -0.782. The number of carbonyl (C=O) groups is 3. The number of nitrogens with zero attached hydrogens (tertiary/aromatic N) is 4. The van der Waals surface area contributed by atoms with Crippen molar-refractivity contribution in [1.29, 1.82) is 0 Å². The van der Waals surface area contributed by atoms with Crippen molar-refractivity contribution in [2.45, 2.75) is 128 Å². The van der Waals surface area contributed by atoms with Crippen molar-refractivity contribution in [2.75, 3.05) is 59.0 Å². The van der Waals surface area contributed by atoms with Crippen LogP contribution >= 0.6 is 22.6 Å². The maximum Gasteiger partial charge on any atom is 0.410 e. The highest BCUT2D eigenvalue weighted by Gasteiger charge is 2.28. The van der Waals surface area contributed by atoms with Crippen LogP contribution in [0.1, 0.15) is 117 Å². The molecule has 0 atom stereocenters. The second-order valence-corrected chi connectivity index (χ2v) is 20.0. The van der Waals surface area contributed by atoms with E-state index < -0.39 is 16.6 Å². The minimum Gasteiger partial charge on any atom is -0.465 e. The van der Waals surface area contributed by atoms with Crippen LogP contribution in [0.15, 0.2) is 36.4 Å². The topological polar surface area (TPSA) is 126 Å². The van der Waals surface area contributed by atoms with Gasteiger partial charge in [-0.1, -0.05) is 54.5 Å². The van der Waals surface area contributed by atoms with Crippen LogP contribution in [-0.4, -0.2) is 114 Å². The molecule has 0 spiro atoms. The zero-order chi connectivity index (χ0) is 48.2. The van der Waals surface area contributed by atoms with E-state index in [1.165, 1.54) is 25.8 Å². The number of carbonyl (C=O) groups excluding carboxylic acids is 5. The Morgan fingerprint density at radius 2 is 1.10 bits per heavy atom. The first-order valence-electron chi connectivity index (χ1n) is 21.6. The van der Waals surface area contributed by atoms with Crippen molar-refractivity contribution in [2.24, 2.45) is 10.8 Å². The Hall–Kier alpha value is -4.40. The molecule has 348 valence electrons. The van der Waals surface area contributed by atoms with Gasteiger partial charge in [-0.05, 0) is 148 Å². The SMILES string of the molecule is C#CC(C)(C)C(=O)OCC.CCC(C)(C)C#Cc1cc(C)ccc1CN1CCN(C(=O)OC(C)(C)C)CC1.Cc1ccc(CN2CCN(C(=O)OC(C)(C)C)CC2)c(I)c1.O=C=O. The largest absolute Gasteiger partial charge is 0.465 e. The molecule has 2 fully saturated rings. The van der Waals surface area contributed by atoms with E-state index >= 15 is 0 Å². The number of terminal acetylenes is 1. The zero-order valence-corrected chi connectivity index (χ0v) is 42.6. The highest BCUT2D eigenvalue weighted by atomic mass is 127. The van der Waals surface area contributed by atoms with Gasteiger partial charge in [-0.3, -0.25) is 14.6 Å². The second-order valence-electron chi connectivity index (χ2n) is 18.8. The molecule has 0 aromatic heterocycles. The Labute approximate surface area is 392 Å². The lowest BCUT2D eigenvalue weighted by molar-refractivity contribution is -0.191. The van der Waals surface area contributed by atoms with Crippen molar-refractivity contribution >= 4 is 46.9 Å². The highest BCUT2D eigenvalue weighted by molar-refractivity contribution is 14.1. The molecule has 2 aliphatic rings. The molecule has 2 aromatic carbocycles. The molecule has 63 heavy (non-hydrogen) atoms. The van der Waals surface area contributed by atoms with Crippen molar-refractivity contribution in [3.63, 3.8) is 0 Å². The molecule has 0 radical (unpaired) electrons. The van der Waals surface area contributed by atoms with Gasteiger partial charge in [0.1, 0.15) is 16.6 Å². The van der Waals surface area contributed by atoms with E-state index in [1.807, 2.05) is 46.4 Å². The summed E-state index contributed by atoms with van der Waals surface area (Å²) < 4.78 is 16.9. The average Bonchev–Trinajstić information content (AvgIpc) is 3.19. The van der Waals surface area contributed by atoms with E-state index in [0.29, 0.717) is 19.7 Å². The maximum atomic E-state index is 12.2. The third kappa shape index (κ3) is 22.7. The van der Waals surface area contributed by atoms with E-state index in [1.54, 1.807) is 25.7 Å². The summed E-state index contributed by atoms with van der Waals surface area (Å²) in [5, 5.41) is 0. The number of hydrogen-bond donors (Lipinski definition) is 0. The lowest BCUT2D eigenvalue weighted by Crippen LogP contribution is -2.49. The molecular formula is C50H73IN4O8. The molecule has 2 amide bonds. The Morgan fingerprint density at radius 1 is 0.683 bits per heavy atom. The van der Waals surface area contributed by atoms with Gasteiger partial charge in [0.25, 0.3) is 0 Å². The predicted octanol–water partition coefficient (Wildman–Crippen LogP) is 9.11. The van der Waals surface area contributed by atoms with E-state index in [9.17, 15) is 14.4 Å². The van der Waals surface area contributed by atoms with Crippen LogP contribution in [0.25, 0.3) is 0 Å².